The minimum Gasteiger partial charge on any atom is -0.494 e. The van der Waals surface area contributed by atoms with Gasteiger partial charge in [-0.25, -0.2) is 8.42 Å². The maximum atomic E-state index is 12.7. The summed E-state index contributed by atoms with van der Waals surface area (Å²) in [5, 5.41) is 0. The van der Waals surface area contributed by atoms with Crippen LogP contribution in [0.5, 0.6) is 11.5 Å². The van der Waals surface area contributed by atoms with Gasteiger partial charge in [-0.3, -0.25) is 0 Å². The van der Waals surface area contributed by atoms with Crippen molar-refractivity contribution in [2.45, 2.75) is 35.7 Å². The molecule has 0 N–H and O–H groups in total. The van der Waals surface area contributed by atoms with Crippen molar-refractivity contribution in [3.63, 3.8) is 0 Å². The van der Waals surface area contributed by atoms with Gasteiger partial charge in [-0.15, -0.1) is 0 Å². The average Bonchev–Trinajstić information content (AvgIpc) is 3.45. The van der Waals surface area contributed by atoms with Crippen LogP contribution in [0.2, 0.25) is 0 Å². The summed E-state index contributed by atoms with van der Waals surface area (Å²) in [5.41, 5.74) is 0. The molecule has 5 nitrogen and oxygen atoms in total. The first-order valence-corrected chi connectivity index (χ1v) is 9.90. The van der Waals surface area contributed by atoms with E-state index in [-0.39, 0.29) is 15.9 Å². The molecule has 1 unspecified atom stereocenters. The molecule has 0 aliphatic carbocycles. The van der Waals surface area contributed by atoms with Crippen LogP contribution in [0.4, 0.5) is 0 Å². The summed E-state index contributed by atoms with van der Waals surface area (Å²) < 4.78 is 41.6. The van der Waals surface area contributed by atoms with E-state index in [0.29, 0.717) is 24.7 Å². The molecule has 2 aromatic carbocycles. The molecule has 1 saturated heterocycles. The summed E-state index contributed by atoms with van der Waals surface area (Å²) >= 11 is 0. The molecule has 0 radical (unpaired) electrons. The maximum Gasteiger partial charge on any atom is 0.206 e. The van der Waals surface area contributed by atoms with Crippen molar-refractivity contribution < 1.29 is 22.6 Å². The Labute approximate surface area is 148 Å². The third-order valence-corrected chi connectivity index (χ3v) is 5.66. The Morgan fingerprint density at radius 2 is 1.48 bits per heavy atom. The van der Waals surface area contributed by atoms with Crippen LogP contribution in [-0.2, 0) is 14.6 Å². The highest BCUT2D eigenvalue weighted by atomic mass is 32.2. The zero-order chi connectivity index (χ0) is 17.7. The largest absolute Gasteiger partial charge is 0.494 e. The molecule has 0 amide bonds. The predicted octanol–water partition coefficient (Wildman–Crippen LogP) is 3.48. The molecule has 1 fully saturated rings. The maximum absolute atomic E-state index is 12.7. The molecule has 0 bridgehead atoms. The number of sulfone groups is 1. The molecule has 134 valence electrons. The molecule has 25 heavy (non-hydrogen) atoms. The first-order valence-electron chi connectivity index (χ1n) is 8.42. The van der Waals surface area contributed by atoms with E-state index in [1.165, 1.54) is 0 Å². The molecule has 1 atom stereocenters. The first-order chi connectivity index (χ1) is 12.1. The highest BCUT2D eigenvalue weighted by Crippen LogP contribution is 2.25. The third-order valence-electron chi connectivity index (χ3n) is 3.87. The van der Waals surface area contributed by atoms with Gasteiger partial charge in [0.25, 0.3) is 0 Å². The van der Waals surface area contributed by atoms with Crippen molar-refractivity contribution >= 4 is 9.84 Å². The lowest BCUT2D eigenvalue weighted by molar-refractivity contribution is 0.263. The van der Waals surface area contributed by atoms with Gasteiger partial charge in [-0.2, -0.15) is 0 Å². The van der Waals surface area contributed by atoms with Crippen LogP contribution in [0.1, 0.15) is 19.8 Å². The van der Waals surface area contributed by atoms with Gasteiger partial charge >= 0.3 is 0 Å². The van der Waals surface area contributed by atoms with E-state index < -0.39 is 9.84 Å². The van der Waals surface area contributed by atoms with Gasteiger partial charge in [0.15, 0.2) is 0 Å². The Morgan fingerprint density at radius 1 is 0.960 bits per heavy atom. The Kier molecular flexibility index (Phi) is 5.60. The molecule has 0 spiro atoms. The van der Waals surface area contributed by atoms with E-state index in [2.05, 4.69) is 6.92 Å². The van der Waals surface area contributed by atoms with Crippen LogP contribution < -0.4 is 9.47 Å². The molecule has 0 aromatic heterocycles. The van der Waals surface area contributed by atoms with Crippen LogP contribution >= 0.6 is 0 Å². The van der Waals surface area contributed by atoms with Crippen LogP contribution in [0, 0.1) is 0 Å². The number of rotatable bonds is 9. The van der Waals surface area contributed by atoms with Gasteiger partial charge in [0.1, 0.15) is 24.2 Å². The van der Waals surface area contributed by atoms with Gasteiger partial charge < -0.3 is 14.2 Å². The quantitative estimate of drug-likeness (QED) is 0.505. The highest BCUT2D eigenvalue weighted by Gasteiger charge is 2.23. The van der Waals surface area contributed by atoms with E-state index in [1.807, 2.05) is 0 Å². The molecule has 1 heterocycles. The van der Waals surface area contributed by atoms with E-state index in [4.69, 9.17) is 14.2 Å². The summed E-state index contributed by atoms with van der Waals surface area (Å²) in [6.45, 7) is 3.95. The van der Waals surface area contributed by atoms with Crippen molar-refractivity contribution in [1.29, 1.82) is 0 Å². The second-order valence-electron chi connectivity index (χ2n) is 5.91. The number of hydrogen-bond acceptors (Lipinski definition) is 5. The van der Waals surface area contributed by atoms with E-state index >= 15 is 0 Å². The van der Waals surface area contributed by atoms with E-state index in [1.54, 1.807) is 48.5 Å². The lowest BCUT2D eigenvalue weighted by atomic mass is 10.3. The Hall–Kier alpha value is -2.05. The highest BCUT2D eigenvalue weighted by molar-refractivity contribution is 7.91. The van der Waals surface area contributed by atoms with Crippen LogP contribution in [0.15, 0.2) is 58.3 Å². The second-order valence-corrected chi connectivity index (χ2v) is 7.86. The minimum atomic E-state index is -3.55. The van der Waals surface area contributed by atoms with Crippen LogP contribution in [-0.4, -0.2) is 34.3 Å². The standard InChI is InChI=1S/C19H22O5S/c1-2-3-12-22-15-4-8-18(9-5-15)25(20,21)19-10-6-16(7-11-19)23-13-17-14-24-17/h4-11,17H,2-3,12-14H2,1H3. The van der Waals surface area contributed by atoms with Crippen LogP contribution in [0.25, 0.3) is 0 Å². The average molecular weight is 362 g/mol. The fraction of sp³-hybridized carbons (Fsp3) is 0.368. The summed E-state index contributed by atoms with van der Waals surface area (Å²) in [5.74, 6) is 1.31. The number of unbranched alkanes of at least 4 members (excludes halogenated alkanes) is 1. The molecule has 1 aliphatic heterocycles. The summed E-state index contributed by atoms with van der Waals surface area (Å²) in [7, 11) is -3.55. The SMILES string of the molecule is CCCCOc1ccc(S(=O)(=O)c2ccc(OCC3CO3)cc2)cc1. The van der Waals surface area contributed by atoms with Gasteiger partial charge in [0.2, 0.25) is 9.84 Å². The first kappa shape index (κ1) is 17.8. The van der Waals surface area contributed by atoms with Crippen molar-refractivity contribution in [3.05, 3.63) is 48.5 Å². The molecule has 3 rings (SSSR count). The fourth-order valence-electron chi connectivity index (χ4n) is 2.25. The van der Waals surface area contributed by atoms with Crippen LogP contribution in [0.3, 0.4) is 0 Å². The molecular weight excluding hydrogens is 340 g/mol. The summed E-state index contributed by atoms with van der Waals surface area (Å²) in [6, 6.07) is 13.0. The monoisotopic (exact) mass is 362 g/mol. The second kappa shape index (κ2) is 7.89. The molecular formula is C19H22O5S. The summed E-state index contributed by atoms with van der Waals surface area (Å²) in [6.07, 6.45) is 2.20. The number of ether oxygens (including phenoxy) is 3. The van der Waals surface area contributed by atoms with Gasteiger partial charge in [0.05, 0.1) is 23.0 Å². The van der Waals surface area contributed by atoms with Crippen molar-refractivity contribution in [3.8, 4) is 11.5 Å². The van der Waals surface area contributed by atoms with Gasteiger partial charge in [0, 0.05) is 0 Å². The normalized spacial score (nSPS) is 16.4. The van der Waals surface area contributed by atoms with E-state index in [9.17, 15) is 8.42 Å². The third kappa shape index (κ3) is 4.74. The van der Waals surface area contributed by atoms with E-state index in [0.717, 1.165) is 19.4 Å². The van der Waals surface area contributed by atoms with Gasteiger partial charge in [-0.1, -0.05) is 13.3 Å². The lowest BCUT2D eigenvalue weighted by Gasteiger charge is -2.09. The number of epoxide rings is 1. The molecule has 2 aromatic rings. The lowest BCUT2D eigenvalue weighted by Crippen LogP contribution is -2.05. The predicted molar refractivity (Wildman–Crippen MR) is 94.0 cm³/mol. The Balaban J connectivity index is 1.67. The number of hydrogen-bond donors (Lipinski definition) is 0. The van der Waals surface area contributed by atoms with Crippen molar-refractivity contribution in [1.82, 2.24) is 0 Å². The van der Waals surface area contributed by atoms with Crippen molar-refractivity contribution in [2.24, 2.45) is 0 Å². The molecule has 6 heteroatoms. The summed E-state index contributed by atoms with van der Waals surface area (Å²) in [4.78, 5) is 0.484. The van der Waals surface area contributed by atoms with Crippen molar-refractivity contribution in [2.75, 3.05) is 19.8 Å². The zero-order valence-corrected chi connectivity index (χ0v) is 15.0. The smallest absolute Gasteiger partial charge is 0.206 e. The topological polar surface area (TPSA) is 65.1 Å². The molecule has 1 aliphatic rings. The Bertz CT molecular complexity index is 778. The fourth-order valence-corrected chi connectivity index (χ4v) is 3.51. The Morgan fingerprint density at radius 3 is 1.96 bits per heavy atom. The van der Waals surface area contributed by atoms with Gasteiger partial charge in [-0.05, 0) is 55.0 Å². The minimum absolute atomic E-state index is 0.168. The zero-order valence-electron chi connectivity index (χ0n) is 14.2. The molecule has 0 saturated carbocycles. The number of benzene rings is 2.